The lowest BCUT2D eigenvalue weighted by molar-refractivity contribution is 0.0821. The molecule has 0 aliphatic carbocycles. The summed E-state index contributed by atoms with van der Waals surface area (Å²) in [5, 5.41) is 3.51. The van der Waals surface area contributed by atoms with Crippen molar-refractivity contribution in [3.8, 4) is 0 Å². The van der Waals surface area contributed by atoms with Crippen molar-refractivity contribution in [1.82, 2.24) is 5.32 Å². The number of nitrogens with one attached hydrogen (secondary N) is 1. The van der Waals surface area contributed by atoms with Crippen LogP contribution in [0.5, 0.6) is 0 Å². The second-order valence-corrected chi connectivity index (χ2v) is 11.1. The van der Waals surface area contributed by atoms with Crippen molar-refractivity contribution < 1.29 is 31.7 Å². The number of hydrogen-bond donors (Lipinski definition) is 1. The molecule has 2 aromatic rings. The van der Waals surface area contributed by atoms with Gasteiger partial charge in [0, 0.05) is 19.0 Å². The zero-order valence-electron chi connectivity index (χ0n) is 20.4. The van der Waals surface area contributed by atoms with Crippen LogP contribution in [0.2, 0.25) is 0 Å². The Morgan fingerprint density at radius 3 is 1.74 bits per heavy atom. The van der Waals surface area contributed by atoms with Crippen LogP contribution >= 0.6 is 15.4 Å². The quantitative estimate of drug-likeness (QED) is 0.234. The molecule has 2 atom stereocenters. The molecule has 1 N–H and O–H groups in total. The van der Waals surface area contributed by atoms with Gasteiger partial charge in [-0.3, -0.25) is 18.1 Å². The fourth-order valence-electron chi connectivity index (χ4n) is 3.42. The molecule has 34 heavy (non-hydrogen) atoms. The monoisotopic (exact) mass is 513 g/mol. The van der Waals surface area contributed by atoms with E-state index in [-0.39, 0.29) is 38.9 Å². The van der Waals surface area contributed by atoms with Gasteiger partial charge in [0.25, 0.3) is 0 Å². The van der Waals surface area contributed by atoms with E-state index in [2.05, 4.69) is 5.32 Å². The molecule has 0 saturated heterocycles. The van der Waals surface area contributed by atoms with Crippen molar-refractivity contribution >= 4 is 15.4 Å². The molecule has 0 aromatic heterocycles. The molecule has 2 rings (SSSR count). The molecule has 0 saturated carbocycles. The van der Waals surface area contributed by atoms with Crippen LogP contribution in [-0.4, -0.2) is 32.3 Å². The van der Waals surface area contributed by atoms with Gasteiger partial charge < -0.3 is 14.4 Å². The van der Waals surface area contributed by atoms with E-state index < -0.39 is 21.3 Å². The van der Waals surface area contributed by atoms with Crippen LogP contribution in [0.3, 0.4) is 0 Å². The van der Waals surface area contributed by atoms with Gasteiger partial charge in [0.15, 0.2) is 5.85 Å². The van der Waals surface area contributed by atoms with Crippen molar-refractivity contribution in [3.63, 3.8) is 0 Å². The zero-order chi connectivity index (χ0) is 24.9. The average Bonchev–Trinajstić information content (AvgIpc) is 2.83. The van der Waals surface area contributed by atoms with E-state index in [1.807, 2.05) is 60.7 Å². The fourth-order valence-corrected chi connectivity index (χ4v) is 7.03. The van der Waals surface area contributed by atoms with E-state index in [1.54, 1.807) is 27.7 Å². The van der Waals surface area contributed by atoms with Crippen LogP contribution in [0.15, 0.2) is 60.7 Å². The molecular formula is C24H37NO7P2. The maximum absolute atomic E-state index is 13.8. The highest BCUT2D eigenvalue weighted by molar-refractivity contribution is 7.55. The first-order chi connectivity index (χ1) is 16.4. The number of phosphoric acid groups is 1. The van der Waals surface area contributed by atoms with Crippen LogP contribution in [0.25, 0.3) is 0 Å². The Morgan fingerprint density at radius 2 is 1.24 bits per heavy atom. The second-order valence-electron chi connectivity index (χ2n) is 7.28. The highest BCUT2D eigenvalue weighted by atomic mass is 31.2. The summed E-state index contributed by atoms with van der Waals surface area (Å²) >= 11 is 0. The van der Waals surface area contributed by atoms with Gasteiger partial charge in [-0.2, -0.15) is 0 Å². The van der Waals surface area contributed by atoms with Gasteiger partial charge >= 0.3 is 15.4 Å². The van der Waals surface area contributed by atoms with Crippen LogP contribution in [-0.2, 0) is 38.3 Å². The smallest absolute Gasteiger partial charge is 0.307 e. The lowest BCUT2D eigenvalue weighted by atomic mass is 10.0. The summed E-state index contributed by atoms with van der Waals surface area (Å²) in [5.41, 5.74) is 2.04. The van der Waals surface area contributed by atoms with E-state index in [4.69, 9.17) is 22.6 Å². The lowest BCUT2D eigenvalue weighted by Gasteiger charge is -2.31. The van der Waals surface area contributed by atoms with Crippen molar-refractivity contribution in [2.75, 3.05) is 26.4 Å². The van der Waals surface area contributed by atoms with Crippen LogP contribution in [0.1, 0.15) is 51.3 Å². The van der Waals surface area contributed by atoms with Crippen LogP contribution in [0.4, 0.5) is 0 Å². The summed E-state index contributed by atoms with van der Waals surface area (Å²) in [5.74, 6) is -1.19. The largest absolute Gasteiger partial charge is 0.475 e. The Balaban J connectivity index is 2.41. The Labute approximate surface area is 203 Å². The van der Waals surface area contributed by atoms with Gasteiger partial charge in [-0.1, -0.05) is 60.7 Å². The molecule has 10 heteroatoms. The van der Waals surface area contributed by atoms with Gasteiger partial charge in [-0.05, 0) is 38.8 Å². The highest BCUT2D eigenvalue weighted by Crippen LogP contribution is 2.62. The predicted molar refractivity (Wildman–Crippen MR) is 134 cm³/mol. The van der Waals surface area contributed by atoms with E-state index >= 15 is 0 Å². The molecular weight excluding hydrogens is 476 g/mol. The number of phosphoric ester groups is 1. The van der Waals surface area contributed by atoms with E-state index in [9.17, 15) is 9.13 Å². The third-order valence-corrected chi connectivity index (χ3v) is 8.92. The minimum absolute atomic E-state index is 0.103. The van der Waals surface area contributed by atoms with Crippen LogP contribution in [0, 0.1) is 0 Å². The highest BCUT2D eigenvalue weighted by Gasteiger charge is 2.44. The molecule has 0 heterocycles. The minimum Gasteiger partial charge on any atom is -0.307 e. The maximum Gasteiger partial charge on any atom is 0.475 e. The summed E-state index contributed by atoms with van der Waals surface area (Å²) in [6.45, 7) is 7.85. The van der Waals surface area contributed by atoms with Gasteiger partial charge in [-0.25, -0.2) is 4.57 Å². The molecule has 2 unspecified atom stereocenters. The molecule has 0 spiro atoms. The van der Waals surface area contributed by atoms with Crippen molar-refractivity contribution in [3.05, 3.63) is 71.8 Å². The molecule has 0 radical (unpaired) electrons. The van der Waals surface area contributed by atoms with Crippen molar-refractivity contribution in [2.45, 2.75) is 52.5 Å². The first-order valence-electron chi connectivity index (χ1n) is 11.7. The first-order valence-corrected chi connectivity index (χ1v) is 14.7. The van der Waals surface area contributed by atoms with Gasteiger partial charge in [-0.15, -0.1) is 0 Å². The topological polar surface area (TPSA) is 92.3 Å². The minimum atomic E-state index is -4.00. The van der Waals surface area contributed by atoms with Gasteiger partial charge in [0.1, 0.15) is 0 Å². The van der Waals surface area contributed by atoms with Crippen molar-refractivity contribution in [1.29, 1.82) is 0 Å². The third kappa shape index (κ3) is 9.03. The second kappa shape index (κ2) is 14.9. The summed E-state index contributed by atoms with van der Waals surface area (Å²) in [6.07, 6.45) is 0.151. The Kier molecular flexibility index (Phi) is 12.7. The fraction of sp³-hybridized carbons (Fsp3) is 0.500. The number of benzene rings is 2. The summed E-state index contributed by atoms with van der Waals surface area (Å²) in [4.78, 5) is 0. The summed E-state index contributed by atoms with van der Waals surface area (Å²) in [7, 11) is -7.84. The molecule has 0 amide bonds. The SMILES string of the molecule is CCOP(=O)(OCC)OC(CC(NCc1ccccc1)c1ccccc1)P(=O)(OCC)OCC. The molecule has 0 bridgehead atoms. The molecule has 2 aromatic carbocycles. The summed E-state index contributed by atoms with van der Waals surface area (Å²) in [6, 6.07) is 19.4. The van der Waals surface area contributed by atoms with Crippen LogP contribution < -0.4 is 5.32 Å². The Bertz CT molecular complexity index is 894. The number of hydrogen-bond acceptors (Lipinski definition) is 8. The number of rotatable bonds is 17. The molecule has 0 aliphatic heterocycles. The van der Waals surface area contributed by atoms with E-state index in [0.717, 1.165) is 11.1 Å². The lowest BCUT2D eigenvalue weighted by Crippen LogP contribution is -2.28. The maximum atomic E-state index is 13.8. The normalized spacial score (nSPS) is 14.1. The average molecular weight is 514 g/mol. The van der Waals surface area contributed by atoms with E-state index in [0.29, 0.717) is 6.54 Å². The van der Waals surface area contributed by atoms with Crippen molar-refractivity contribution in [2.24, 2.45) is 0 Å². The Morgan fingerprint density at radius 1 is 0.735 bits per heavy atom. The predicted octanol–water partition coefficient (Wildman–Crippen LogP) is 6.70. The third-order valence-electron chi connectivity index (χ3n) is 4.83. The molecule has 0 aliphatic rings. The Hall–Kier alpha value is -1.34. The molecule has 8 nitrogen and oxygen atoms in total. The molecule has 0 fully saturated rings. The standard InChI is InChI=1S/C24H37NO7P2/c1-5-28-33(26,29-6-2)24(32-34(27,30-7-3)31-8-4)19-23(22-17-13-10-14-18-22)25-20-21-15-11-9-12-16-21/h9-18,23-25H,5-8,19-20H2,1-4H3. The zero-order valence-corrected chi connectivity index (χ0v) is 22.2. The summed E-state index contributed by atoms with van der Waals surface area (Å²) < 4.78 is 54.7. The first kappa shape index (κ1) is 28.9. The van der Waals surface area contributed by atoms with Gasteiger partial charge in [0.05, 0.1) is 26.4 Å². The van der Waals surface area contributed by atoms with E-state index in [1.165, 1.54) is 0 Å². The molecule has 190 valence electrons. The van der Waals surface area contributed by atoms with Gasteiger partial charge in [0.2, 0.25) is 0 Å².